The van der Waals surface area contributed by atoms with E-state index in [0.29, 0.717) is 26.1 Å². The van der Waals surface area contributed by atoms with Crippen LogP contribution in [0.25, 0.3) is 0 Å². The number of hydrogen-bond donors (Lipinski definition) is 0. The Hall–Kier alpha value is -2.04. The lowest BCUT2D eigenvalue weighted by atomic mass is 9.73. The fourth-order valence-corrected chi connectivity index (χ4v) is 4.03. The first-order chi connectivity index (χ1) is 12.1. The maximum absolute atomic E-state index is 12.4. The monoisotopic (exact) mass is 344 g/mol. The first kappa shape index (κ1) is 17.8. The van der Waals surface area contributed by atoms with Crippen molar-refractivity contribution in [3.8, 4) is 0 Å². The molecule has 2 heterocycles. The third-order valence-corrected chi connectivity index (χ3v) is 5.31. The Labute approximate surface area is 149 Å². The molecule has 136 valence electrons. The van der Waals surface area contributed by atoms with Crippen molar-refractivity contribution in [2.45, 2.75) is 45.6 Å². The van der Waals surface area contributed by atoms with Crippen LogP contribution in [0.2, 0.25) is 0 Å². The molecule has 2 amide bonds. The Morgan fingerprint density at radius 1 is 1.20 bits per heavy atom. The van der Waals surface area contributed by atoms with Gasteiger partial charge in [0.15, 0.2) is 0 Å². The average molecular weight is 344 g/mol. The number of benzene rings is 1. The van der Waals surface area contributed by atoms with Gasteiger partial charge in [0.1, 0.15) is 0 Å². The van der Waals surface area contributed by atoms with Gasteiger partial charge >= 0.3 is 6.09 Å². The van der Waals surface area contributed by atoms with Crippen LogP contribution in [0.1, 0.15) is 44.6 Å². The first-order valence-corrected chi connectivity index (χ1v) is 9.35. The van der Waals surface area contributed by atoms with Gasteiger partial charge in [-0.05, 0) is 31.2 Å². The van der Waals surface area contributed by atoms with Crippen molar-refractivity contribution in [1.29, 1.82) is 0 Å². The molecule has 1 aromatic carbocycles. The smallest absolute Gasteiger partial charge is 0.409 e. The molecule has 25 heavy (non-hydrogen) atoms. The summed E-state index contributed by atoms with van der Waals surface area (Å²) in [5, 5.41) is 0. The Bertz CT molecular complexity index is 604. The number of nitrogens with zero attached hydrogens (tertiary/aromatic N) is 2. The number of likely N-dealkylation sites (tertiary alicyclic amines) is 2. The van der Waals surface area contributed by atoms with E-state index in [2.05, 4.69) is 12.1 Å². The van der Waals surface area contributed by atoms with Gasteiger partial charge in [0.25, 0.3) is 0 Å². The minimum Gasteiger partial charge on any atom is -0.449 e. The Morgan fingerprint density at radius 2 is 2.00 bits per heavy atom. The van der Waals surface area contributed by atoms with Crippen LogP contribution in [-0.4, -0.2) is 48.0 Å². The molecule has 2 aliphatic heterocycles. The van der Waals surface area contributed by atoms with E-state index in [4.69, 9.17) is 4.74 Å². The summed E-state index contributed by atoms with van der Waals surface area (Å²) in [5.74, 6) is 0.222. The summed E-state index contributed by atoms with van der Waals surface area (Å²) >= 11 is 0. The fraction of sp³-hybridized carbons (Fsp3) is 0.600. The molecule has 2 saturated heterocycles. The molecule has 3 rings (SSSR count). The van der Waals surface area contributed by atoms with Gasteiger partial charge in [-0.2, -0.15) is 0 Å². The number of amides is 2. The summed E-state index contributed by atoms with van der Waals surface area (Å²) in [5.41, 5.74) is 1.18. The molecule has 0 aromatic heterocycles. The molecule has 0 N–H and O–H groups in total. The Balaban J connectivity index is 1.66. The van der Waals surface area contributed by atoms with Gasteiger partial charge < -0.3 is 14.5 Å². The van der Waals surface area contributed by atoms with Crippen LogP contribution in [0.3, 0.4) is 0 Å². The average Bonchev–Trinajstić information content (AvgIpc) is 2.64. The van der Waals surface area contributed by atoms with Crippen molar-refractivity contribution >= 4 is 12.0 Å². The zero-order valence-electron chi connectivity index (χ0n) is 15.1. The highest BCUT2D eigenvalue weighted by Gasteiger charge is 2.43. The second-order valence-electron chi connectivity index (χ2n) is 7.37. The quantitative estimate of drug-likeness (QED) is 0.841. The molecule has 1 atom stereocenters. The van der Waals surface area contributed by atoms with E-state index in [1.807, 2.05) is 34.9 Å². The van der Waals surface area contributed by atoms with Crippen LogP contribution in [0, 0.1) is 5.41 Å². The van der Waals surface area contributed by atoms with E-state index < -0.39 is 0 Å². The SMILES string of the molecule is CCCOC(=O)N1CCC[C@@]2(CCC(=O)N(Cc3ccccc3)C2)C1. The van der Waals surface area contributed by atoms with E-state index in [1.54, 1.807) is 0 Å². The highest BCUT2D eigenvalue weighted by molar-refractivity contribution is 5.77. The summed E-state index contributed by atoms with van der Waals surface area (Å²) in [7, 11) is 0. The van der Waals surface area contributed by atoms with Crippen molar-refractivity contribution in [2.24, 2.45) is 5.41 Å². The van der Waals surface area contributed by atoms with Gasteiger partial charge in [0.05, 0.1) is 6.61 Å². The maximum atomic E-state index is 12.4. The third kappa shape index (κ3) is 4.33. The highest BCUT2D eigenvalue weighted by atomic mass is 16.6. The fourth-order valence-electron chi connectivity index (χ4n) is 4.03. The van der Waals surface area contributed by atoms with Gasteiger partial charge in [0, 0.05) is 38.0 Å². The second-order valence-corrected chi connectivity index (χ2v) is 7.37. The number of hydrogen-bond acceptors (Lipinski definition) is 3. The van der Waals surface area contributed by atoms with Crippen LogP contribution in [-0.2, 0) is 16.1 Å². The molecular formula is C20H28N2O3. The van der Waals surface area contributed by atoms with Crippen LogP contribution in [0.15, 0.2) is 30.3 Å². The Kier molecular flexibility index (Phi) is 5.61. The zero-order valence-corrected chi connectivity index (χ0v) is 15.1. The van der Waals surface area contributed by atoms with Crippen molar-refractivity contribution in [2.75, 3.05) is 26.2 Å². The minimum absolute atomic E-state index is 0.0200. The van der Waals surface area contributed by atoms with Gasteiger partial charge in [-0.3, -0.25) is 4.79 Å². The number of piperidine rings is 2. The molecule has 1 spiro atoms. The second kappa shape index (κ2) is 7.89. The van der Waals surface area contributed by atoms with Gasteiger partial charge in [-0.1, -0.05) is 37.3 Å². The lowest BCUT2D eigenvalue weighted by Gasteiger charge is -2.47. The summed E-state index contributed by atoms with van der Waals surface area (Å²) in [6.45, 7) is 5.32. The normalized spacial score (nSPS) is 23.8. The van der Waals surface area contributed by atoms with Gasteiger partial charge in [-0.15, -0.1) is 0 Å². The van der Waals surface area contributed by atoms with Gasteiger partial charge in [-0.25, -0.2) is 4.79 Å². The maximum Gasteiger partial charge on any atom is 0.409 e. The van der Waals surface area contributed by atoms with E-state index in [1.165, 1.54) is 0 Å². The molecular weight excluding hydrogens is 316 g/mol. The number of carbonyl (C=O) groups excluding carboxylic acids is 2. The number of carbonyl (C=O) groups is 2. The van der Waals surface area contributed by atoms with Crippen LogP contribution in [0.4, 0.5) is 4.79 Å². The molecule has 1 aromatic rings. The van der Waals surface area contributed by atoms with E-state index in [9.17, 15) is 9.59 Å². The summed E-state index contributed by atoms with van der Waals surface area (Å²) < 4.78 is 5.31. The lowest BCUT2D eigenvalue weighted by molar-refractivity contribution is -0.139. The lowest BCUT2D eigenvalue weighted by Crippen LogP contribution is -2.54. The molecule has 0 bridgehead atoms. The molecule has 2 fully saturated rings. The van der Waals surface area contributed by atoms with Crippen molar-refractivity contribution in [1.82, 2.24) is 9.80 Å². The van der Waals surface area contributed by atoms with Crippen LogP contribution in [0.5, 0.6) is 0 Å². The predicted molar refractivity (Wildman–Crippen MR) is 96.0 cm³/mol. The number of ether oxygens (including phenoxy) is 1. The van der Waals surface area contributed by atoms with Crippen molar-refractivity contribution in [3.63, 3.8) is 0 Å². The van der Waals surface area contributed by atoms with Gasteiger partial charge in [0.2, 0.25) is 5.91 Å². The molecule has 5 nitrogen and oxygen atoms in total. The number of rotatable bonds is 4. The molecule has 2 aliphatic rings. The minimum atomic E-state index is -0.201. The summed E-state index contributed by atoms with van der Waals surface area (Å²) in [4.78, 5) is 28.5. The highest BCUT2D eigenvalue weighted by Crippen LogP contribution is 2.39. The third-order valence-electron chi connectivity index (χ3n) is 5.31. The Morgan fingerprint density at radius 3 is 2.76 bits per heavy atom. The standard InChI is InChI=1S/C20H28N2O3/c1-2-13-25-19(24)21-12-6-10-20(15-21)11-9-18(23)22(16-20)14-17-7-4-3-5-8-17/h3-5,7-8H,2,6,9-16H2,1H3/t20-/m1/s1. The topological polar surface area (TPSA) is 49.9 Å². The van der Waals surface area contributed by atoms with Crippen molar-refractivity contribution < 1.29 is 14.3 Å². The van der Waals surface area contributed by atoms with E-state index >= 15 is 0 Å². The molecule has 0 saturated carbocycles. The first-order valence-electron chi connectivity index (χ1n) is 9.35. The van der Waals surface area contributed by atoms with Crippen LogP contribution < -0.4 is 0 Å². The largest absolute Gasteiger partial charge is 0.449 e. The molecule has 0 aliphatic carbocycles. The molecule has 0 unspecified atom stereocenters. The predicted octanol–water partition coefficient (Wildman–Crippen LogP) is 3.44. The van der Waals surface area contributed by atoms with E-state index in [0.717, 1.165) is 44.3 Å². The zero-order chi connectivity index (χ0) is 17.7. The van der Waals surface area contributed by atoms with E-state index in [-0.39, 0.29) is 17.4 Å². The van der Waals surface area contributed by atoms with Crippen molar-refractivity contribution in [3.05, 3.63) is 35.9 Å². The molecule has 0 radical (unpaired) electrons. The molecule has 5 heteroatoms. The summed E-state index contributed by atoms with van der Waals surface area (Å²) in [6, 6.07) is 10.1. The van der Waals surface area contributed by atoms with Crippen LogP contribution >= 0.6 is 0 Å². The summed E-state index contributed by atoms with van der Waals surface area (Å²) in [6.07, 6.45) is 4.13.